The van der Waals surface area contributed by atoms with E-state index in [2.05, 4.69) is 6.92 Å². The third-order valence-electron chi connectivity index (χ3n) is 3.18. The molecule has 1 heterocycles. The van der Waals surface area contributed by atoms with Crippen molar-refractivity contribution < 1.29 is 9.47 Å². The molecule has 0 saturated carbocycles. The number of unbranched alkanes of at least 4 members (excludes halogenated alkanes) is 2. The summed E-state index contributed by atoms with van der Waals surface area (Å²) >= 11 is 1.94. The summed E-state index contributed by atoms with van der Waals surface area (Å²) in [4.78, 5) is 0. The van der Waals surface area contributed by atoms with Gasteiger partial charge in [0, 0.05) is 11.8 Å². The fourth-order valence-corrected chi connectivity index (χ4v) is 3.07. The minimum absolute atomic E-state index is 0.0717. The lowest BCUT2D eigenvalue weighted by molar-refractivity contribution is 0.171. The zero-order valence-electron chi connectivity index (χ0n) is 11.6. The molecule has 0 radical (unpaired) electrons. The van der Waals surface area contributed by atoms with Crippen molar-refractivity contribution in [3.05, 3.63) is 23.8 Å². The molecule has 1 aromatic rings. The quantitative estimate of drug-likeness (QED) is 0.778. The summed E-state index contributed by atoms with van der Waals surface area (Å²) in [5, 5.41) is 0. The Kier molecular flexibility index (Phi) is 5.86. The van der Waals surface area contributed by atoms with Gasteiger partial charge in [-0.25, -0.2) is 0 Å². The van der Waals surface area contributed by atoms with Crippen LogP contribution >= 0.6 is 11.8 Å². The van der Waals surface area contributed by atoms with E-state index in [1.165, 1.54) is 25.0 Å². The molecule has 19 heavy (non-hydrogen) atoms. The van der Waals surface area contributed by atoms with E-state index in [-0.39, 0.29) is 6.04 Å². The maximum atomic E-state index is 6.23. The van der Waals surface area contributed by atoms with Crippen molar-refractivity contribution in [1.82, 2.24) is 0 Å². The molecule has 0 saturated heterocycles. The van der Waals surface area contributed by atoms with E-state index >= 15 is 0 Å². The van der Waals surface area contributed by atoms with Crippen molar-refractivity contribution in [3.63, 3.8) is 0 Å². The molecule has 1 aliphatic heterocycles. The van der Waals surface area contributed by atoms with Crippen LogP contribution in [0.15, 0.2) is 18.2 Å². The first-order chi connectivity index (χ1) is 9.31. The van der Waals surface area contributed by atoms with Gasteiger partial charge < -0.3 is 15.2 Å². The maximum absolute atomic E-state index is 6.23. The molecule has 1 aliphatic rings. The molecular weight excluding hydrogens is 258 g/mol. The second-order valence-electron chi connectivity index (χ2n) is 4.79. The summed E-state index contributed by atoms with van der Waals surface area (Å²) in [7, 11) is 0. The zero-order chi connectivity index (χ0) is 13.5. The molecule has 2 rings (SSSR count). The molecule has 0 aromatic heterocycles. The number of ether oxygens (including phenoxy) is 2. The third-order valence-corrected chi connectivity index (χ3v) is 4.36. The Morgan fingerprint density at radius 1 is 1.21 bits per heavy atom. The number of nitrogens with two attached hydrogens (primary N) is 1. The first-order valence-electron chi connectivity index (χ1n) is 7.04. The topological polar surface area (TPSA) is 44.5 Å². The van der Waals surface area contributed by atoms with Gasteiger partial charge >= 0.3 is 0 Å². The number of hydrogen-bond donors (Lipinski definition) is 1. The van der Waals surface area contributed by atoms with E-state index < -0.39 is 0 Å². The average Bonchev–Trinajstić information content (AvgIpc) is 2.46. The summed E-state index contributed by atoms with van der Waals surface area (Å²) in [6, 6.07) is 6.10. The SMILES string of the molecule is CCCCCSCC(N)c1ccc2c(c1)OCCO2. The lowest BCUT2D eigenvalue weighted by atomic mass is 10.1. The minimum Gasteiger partial charge on any atom is -0.486 e. The van der Waals surface area contributed by atoms with Crippen molar-refractivity contribution in [2.24, 2.45) is 5.73 Å². The van der Waals surface area contributed by atoms with Crippen LogP contribution in [0.4, 0.5) is 0 Å². The van der Waals surface area contributed by atoms with E-state index in [0.717, 1.165) is 22.8 Å². The highest BCUT2D eigenvalue weighted by molar-refractivity contribution is 7.99. The van der Waals surface area contributed by atoms with Gasteiger partial charge in [0.25, 0.3) is 0 Å². The third kappa shape index (κ3) is 4.32. The maximum Gasteiger partial charge on any atom is 0.161 e. The van der Waals surface area contributed by atoms with Crippen LogP contribution in [0, 0.1) is 0 Å². The molecule has 3 nitrogen and oxygen atoms in total. The Morgan fingerprint density at radius 2 is 2.00 bits per heavy atom. The van der Waals surface area contributed by atoms with Gasteiger partial charge in [0.15, 0.2) is 11.5 Å². The molecule has 4 heteroatoms. The summed E-state index contributed by atoms with van der Waals surface area (Å²) in [5.41, 5.74) is 7.36. The van der Waals surface area contributed by atoms with Crippen molar-refractivity contribution in [1.29, 1.82) is 0 Å². The highest BCUT2D eigenvalue weighted by atomic mass is 32.2. The molecule has 1 aromatic carbocycles. The molecule has 0 bridgehead atoms. The second kappa shape index (κ2) is 7.65. The molecule has 0 fully saturated rings. The Labute approximate surface area is 119 Å². The smallest absolute Gasteiger partial charge is 0.161 e. The summed E-state index contributed by atoms with van der Waals surface area (Å²) in [5.74, 6) is 3.82. The van der Waals surface area contributed by atoms with Crippen LogP contribution in [0.1, 0.15) is 37.8 Å². The van der Waals surface area contributed by atoms with Gasteiger partial charge in [0.1, 0.15) is 13.2 Å². The predicted octanol–water partition coefficient (Wildman–Crippen LogP) is 3.38. The van der Waals surface area contributed by atoms with Crippen molar-refractivity contribution >= 4 is 11.8 Å². The highest BCUT2D eigenvalue weighted by Gasteiger charge is 2.14. The van der Waals surface area contributed by atoms with E-state index in [1.54, 1.807) is 0 Å². The second-order valence-corrected chi connectivity index (χ2v) is 5.94. The molecule has 0 spiro atoms. The van der Waals surface area contributed by atoms with Crippen LogP contribution in [-0.2, 0) is 0 Å². The van der Waals surface area contributed by atoms with Crippen LogP contribution in [0.2, 0.25) is 0 Å². The monoisotopic (exact) mass is 281 g/mol. The average molecular weight is 281 g/mol. The van der Waals surface area contributed by atoms with Gasteiger partial charge in [0.2, 0.25) is 0 Å². The predicted molar refractivity (Wildman–Crippen MR) is 81.2 cm³/mol. The highest BCUT2D eigenvalue weighted by Crippen LogP contribution is 2.32. The van der Waals surface area contributed by atoms with Gasteiger partial charge in [-0.2, -0.15) is 11.8 Å². The number of thioether (sulfide) groups is 1. The number of hydrogen-bond acceptors (Lipinski definition) is 4. The van der Waals surface area contributed by atoms with Crippen LogP contribution in [0.25, 0.3) is 0 Å². The molecule has 1 unspecified atom stereocenters. The van der Waals surface area contributed by atoms with Gasteiger partial charge in [-0.15, -0.1) is 0 Å². The molecule has 106 valence electrons. The zero-order valence-corrected chi connectivity index (χ0v) is 12.4. The van der Waals surface area contributed by atoms with Crippen LogP contribution in [0.3, 0.4) is 0 Å². The van der Waals surface area contributed by atoms with Crippen LogP contribution < -0.4 is 15.2 Å². The van der Waals surface area contributed by atoms with Crippen molar-refractivity contribution in [2.45, 2.75) is 32.2 Å². The van der Waals surface area contributed by atoms with Crippen LogP contribution in [0.5, 0.6) is 11.5 Å². The van der Waals surface area contributed by atoms with Gasteiger partial charge in [-0.3, -0.25) is 0 Å². The van der Waals surface area contributed by atoms with Crippen molar-refractivity contribution in [2.75, 3.05) is 24.7 Å². The first-order valence-corrected chi connectivity index (χ1v) is 8.19. The van der Waals surface area contributed by atoms with Crippen LogP contribution in [-0.4, -0.2) is 24.7 Å². The van der Waals surface area contributed by atoms with Gasteiger partial charge in [-0.05, 0) is 29.9 Å². The molecule has 0 aliphatic carbocycles. The fourth-order valence-electron chi connectivity index (χ4n) is 2.05. The van der Waals surface area contributed by atoms with Crippen molar-refractivity contribution in [3.8, 4) is 11.5 Å². The molecule has 0 amide bonds. The van der Waals surface area contributed by atoms with Gasteiger partial charge in [-0.1, -0.05) is 25.8 Å². The lowest BCUT2D eigenvalue weighted by Gasteiger charge is -2.20. The Hall–Kier alpha value is -0.870. The van der Waals surface area contributed by atoms with E-state index in [1.807, 2.05) is 30.0 Å². The molecular formula is C15H23NO2S. The van der Waals surface area contributed by atoms with E-state index in [9.17, 15) is 0 Å². The number of rotatable bonds is 7. The standard InChI is InChI=1S/C15H23NO2S/c1-2-3-4-9-19-11-13(16)12-5-6-14-15(10-12)18-8-7-17-14/h5-6,10,13H,2-4,7-9,11,16H2,1H3. The normalized spacial score (nSPS) is 15.3. The fraction of sp³-hybridized carbons (Fsp3) is 0.600. The number of benzene rings is 1. The Morgan fingerprint density at radius 3 is 2.79 bits per heavy atom. The van der Waals surface area contributed by atoms with Gasteiger partial charge in [0.05, 0.1) is 0 Å². The van der Waals surface area contributed by atoms with E-state index in [4.69, 9.17) is 15.2 Å². The minimum atomic E-state index is 0.0717. The van der Waals surface area contributed by atoms with E-state index in [0.29, 0.717) is 13.2 Å². The lowest BCUT2D eigenvalue weighted by Crippen LogP contribution is -2.17. The summed E-state index contributed by atoms with van der Waals surface area (Å²) in [6.07, 6.45) is 3.87. The molecule has 1 atom stereocenters. The largest absolute Gasteiger partial charge is 0.486 e. The first kappa shape index (κ1) is 14.5. The summed E-state index contributed by atoms with van der Waals surface area (Å²) < 4.78 is 11.1. The summed E-state index contributed by atoms with van der Waals surface area (Å²) in [6.45, 7) is 3.48. The Balaban J connectivity index is 1.83. The number of fused-ring (bicyclic) bond motifs is 1. The molecule has 2 N–H and O–H groups in total. The Bertz CT molecular complexity index is 398.